The van der Waals surface area contributed by atoms with Crippen molar-refractivity contribution in [3.8, 4) is 0 Å². The number of nitrogens with one attached hydrogen (secondary N) is 2. The third-order valence-electron chi connectivity index (χ3n) is 2.86. The largest absolute Gasteiger partial charge is 0.467 e. The molecule has 0 spiro atoms. The van der Waals surface area contributed by atoms with Gasteiger partial charge in [0.15, 0.2) is 0 Å². The Morgan fingerprint density at radius 3 is 2.38 bits per heavy atom. The molecular formula is C15H21FN2O3. The van der Waals surface area contributed by atoms with Crippen LogP contribution in [0.3, 0.4) is 0 Å². The first-order chi connectivity index (χ1) is 9.92. The van der Waals surface area contributed by atoms with E-state index in [0.717, 1.165) is 5.56 Å². The molecule has 0 saturated heterocycles. The van der Waals surface area contributed by atoms with Gasteiger partial charge >= 0.3 is 12.0 Å². The number of halogens is 1. The van der Waals surface area contributed by atoms with Crippen LogP contribution < -0.4 is 10.6 Å². The van der Waals surface area contributed by atoms with Gasteiger partial charge in [0.05, 0.1) is 7.11 Å². The van der Waals surface area contributed by atoms with Gasteiger partial charge in [-0.1, -0.05) is 26.0 Å². The molecule has 21 heavy (non-hydrogen) atoms. The first kappa shape index (κ1) is 16.9. The molecule has 0 aliphatic carbocycles. The summed E-state index contributed by atoms with van der Waals surface area (Å²) in [5.74, 6) is -0.557. The molecule has 6 heteroatoms. The van der Waals surface area contributed by atoms with Crippen LogP contribution in [0, 0.1) is 11.7 Å². The molecule has 0 fully saturated rings. The summed E-state index contributed by atoms with van der Waals surface area (Å²) in [6, 6.07) is 4.68. The maximum absolute atomic E-state index is 12.8. The van der Waals surface area contributed by atoms with Gasteiger partial charge in [0.1, 0.15) is 11.9 Å². The first-order valence-electron chi connectivity index (χ1n) is 6.79. The summed E-state index contributed by atoms with van der Waals surface area (Å²) >= 11 is 0. The number of amides is 2. The smallest absolute Gasteiger partial charge is 0.328 e. The van der Waals surface area contributed by atoms with E-state index in [-0.39, 0.29) is 18.3 Å². The molecule has 1 aromatic rings. The number of carbonyl (C=O) groups excluding carboxylic acids is 2. The molecule has 0 heterocycles. The van der Waals surface area contributed by atoms with Crippen molar-refractivity contribution >= 4 is 12.0 Å². The van der Waals surface area contributed by atoms with Crippen LogP contribution in [0.25, 0.3) is 0 Å². The van der Waals surface area contributed by atoms with Gasteiger partial charge < -0.3 is 15.4 Å². The van der Waals surface area contributed by atoms with Crippen molar-refractivity contribution in [2.75, 3.05) is 7.11 Å². The van der Waals surface area contributed by atoms with Gasteiger partial charge in [-0.25, -0.2) is 14.0 Å². The summed E-state index contributed by atoms with van der Waals surface area (Å²) in [6.07, 6.45) is 0.497. The zero-order chi connectivity index (χ0) is 15.8. The molecule has 1 atom stereocenters. The van der Waals surface area contributed by atoms with E-state index in [0.29, 0.717) is 6.42 Å². The van der Waals surface area contributed by atoms with E-state index >= 15 is 0 Å². The Morgan fingerprint density at radius 2 is 1.86 bits per heavy atom. The quantitative estimate of drug-likeness (QED) is 0.791. The molecule has 0 aliphatic rings. The Morgan fingerprint density at radius 1 is 1.24 bits per heavy atom. The van der Waals surface area contributed by atoms with E-state index in [1.54, 1.807) is 12.1 Å². The molecule has 1 aromatic carbocycles. The van der Waals surface area contributed by atoms with Crippen molar-refractivity contribution in [1.82, 2.24) is 10.6 Å². The van der Waals surface area contributed by atoms with E-state index in [1.165, 1.54) is 19.2 Å². The van der Waals surface area contributed by atoms with E-state index in [4.69, 9.17) is 0 Å². The lowest BCUT2D eigenvalue weighted by molar-refractivity contribution is -0.143. The maximum atomic E-state index is 12.8. The van der Waals surface area contributed by atoms with Crippen LogP contribution in [-0.2, 0) is 16.1 Å². The lowest BCUT2D eigenvalue weighted by Gasteiger charge is -2.18. The van der Waals surface area contributed by atoms with Crippen molar-refractivity contribution in [3.63, 3.8) is 0 Å². The summed E-state index contributed by atoms with van der Waals surface area (Å²) in [7, 11) is 1.29. The van der Waals surface area contributed by atoms with E-state index in [2.05, 4.69) is 15.4 Å². The second-order valence-corrected chi connectivity index (χ2v) is 5.16. The van der Waals surface area contributed by atoms with Crippen LogP contribution in [0.1, 0.15) is 25.8 Å². The summed E-state index contributed by atoms with van der Waals surface area (Å²) in [6.45, 7) is 4.16. The molecule has 5 nitrogen and oxygen atoms in total. The Labute approximate surface area is 123 Å². The maximum Gasteiger partial charge on any atom is 0.328 e. The minimum absolute atomic E-state index is 0.242. The van der Waals surface area contributed by atoms with E-state index < -0.39 is 18.0 Å². The number of ether oxygens (including phenoxy) is 1. The Bertz CT molecular complexity index is 474. The second kappa shape index (κ2) is 8.24. The van der Waals surface area contributed by atoms with Crippen LogP contribution in [0.2, 0.25) is 0 Å². The zero-order valence-electron chi connectivity index (χ0n) is 12.5. The molecule has 2 amide bonds. The number of hydrogen-bond acceptors (Lipinski definition) is 3. The average molecular weight is 296 g/mol. The third kappa shape index (κ3) is 6.25. The van der Waals surface area contributed by atoms with E-state index in [1.807, 2.05) is 13.8 Å². The molecule has 0 aliphatic heterocycles. The third-order valence-corrected chi connectivity index (χ3v) is 2.86. The minimum Gasteiger partial charge on any atom is -0.467 e. The van der Waals surface area contributed by atoms with Crippen molar-refractivity contribution < 1.29 is 18.7 Å². The highest BCUT2D eigenvalue weighted by Crippen LogP contribution is 2.06. The Hall–Kier alpha value is -2.11. The number of hydrogen-bond donors (Lipinski definition) is 2. The highest BCUT2D eigenvalue weighted by atomic mass is 19.1. The van der Waals surface area contributed by atoms with Crippen molar-refractivity contribution in [2.24, 2.45) is 5.92 Å². The second-order valence-electron chi connectivity index (χ2n) is 5.16. The molecule has 2 N–H and O–H groups in total. The lowest BCUT2D eigenvalue weighted by atomic mass is 10.0. The molecule has 0 saturated carbocycles. The number of methoxy groups -OCH3 is 1. The van der Waals surface area contributed by atoms with Gasteiger partial charge in [0.25, 0.3) is 0 Å². The summed E-state index contributed by atoms with van der Waals surface area (Å²) in [5.41, 5.74) is 0.769. The summed E-state index contributed by atoms with van der Waals surface area (Å²) in [5, 5.41) is 5.20. The monoisotopic (exact) mass is 296 g/mol. The molecule has 1 rings (SSSR count). The van der Waals surface area contributed by atoms with Gasteiger partial charge in [0, 0.05) is 6.54 Å². The fraction of sp³-hybridized carbons (Fsp3) is 0.467. The topological polar surface area (TPSA) is 67.4 Å². The Kier molecular flexibility index (Phi) is 6.65. The SMILES string of the molecule is COC(=O)[C@H](CC(C)C)NC(=O)NCc1ccc(F)cc1. The summed E-state index contributed by atoms with van der Waals surface area (Å²) in [4.78, 5) is 23.4. The molecule has 0 aromatic heterocycles. The highest BCUT2D eigenvalue weighted by molar-refractivity contribution is 5.83. The average Bonchev–Trinajstić information content (AvgIpc) is 2.44. The molecule has 116 valence electrons. The van der Waals surface area contributed by atoms with E-state index in [9.17, 15) is 14.0 Å². The van der Waals surface area contributed by atoms with Crippen LogP contribution in [0.5, 0.6) is 0 Å². The van der Waals surface area contributed by atoms with Gasteiger partial charge in [-0.05, 0) is 30.0 Å². The van der Waals surface area contributed by atoms with Gasteiger partial charge in [-0.15, -0.1) is 0 Å². The van der Waals surface area contributed by atoms with Gasteiger partial charge in [-0.2, -0.15) is 0 Å². The number of esters is 1. The van der Waals surface area contributed by atoms with Crippen molar-refractivity contribution in [3.05, 3.63) is 35.6 Å². The predicted molar refractivity (Wildman–Crippen MR) is 77.0 cm³/mol. The molecule has 0 unspecified atom stereocenters. The minimum atomic E-state index is -0.678. The zero-order valence-corrected chi connectivity index (χ0v) is 12.5. The number of benzene rings is 1. The fourth-order valence-corrected chi connectivity index (χ4v) is 1.82. The molecule has 0 radical (unpaired) electrons. The van der Waals surface area contributed by atoms with Crippen molar-refractivity contribution in [2.45, 2.75) is 32.9 Å². The fourth-order valence-electron chi connectivity index (χ4n) is 1.82. The molecular weight excluding hydrogens is 275 g/mol. The standard InChI is InChI=1S/C15H21FN2O3/c1-10(2)8-13(14(19)21-3)18-15(20)17-9-11-4-6-12(16)7-5-11/h4-7,10,13H,8-9H2,1-3H3,(H2,17,18,20)/t13-/m0/s1. The number of urea groups is 1. The van der Waals surface area contributed by atoms with Crippen LogP contribution in [0.4, 0.5) is 9.18 Å². The highest BCUT2D eigenvalue weighted by Gasteiger charge is 2.22. The number of carbonyl (C=O) groups is 2. The van der Waals surface area contributed by atoms with Crippen LogP contribution in [0.15, 0.2) is 24.3 Å². The number of rotatable bonds is 6. The predicted octanol–water partition coefficient (Wildman–Crippen LogP) is 2.21. The molecule has 0 bridgehead atoms. The first-order valence-corrected chi connectivity index (χ1v) is 6.79. The summed E-state index contributed by atoms with van der Waals surface area (Å²) < 4.78 is 17.4. The normalized spacial score (nSPS) is 11.9. The van der Waals surface area contributed by atoms with Gasteiger partial charge in [0.2, 0.25) is 0 Å². The lowest BCUT2D eigenvalue weighted by Crippen LogP contribution is -2.46. The van der Waals surface area contributed by atoms with Crippen LogP contribution >= 0.6 is 0 Å². The Balaban J connectivity index is 2.49. The van der Waals surface area contributed by atoms with Crippen molar-refractivity contribution in [1.29, 1.82) is 0 Å². The van der Waals surface area contributed by atoms with Gasteiger partial charge in [-0.3, -0.25) is 0 Å². The van der Waals surface area contributed by atoms with Crippen LogP contribution in [-0.4, -0.2) is 25.2 Å².